The van der Waals surface area contributed by atoms with Crippen LogP contribution in [0.15, 0.2) is 119 Å². The number of phenols is 1. The van der Waals surface area contributed by atoms with Crippen LogP contribution in [-0.4, -0.2) is 10.1 Å². The molecule has 0 fully saturated rings. The highest BCUT2D eigenvalue weighted by Gasteiger charge is 2.17. The van der Waals surface area contributed by atoms with Crippen molar-refractivity contribution in [3.63, 3.8) is 0 Å². The number of anilines is 2. The number of azo groups is 1. The molecule has 2 N–H and O–H groups in total. The molecule has 0 saturated heterocycles. The highest BCUT2D eigenvalue weighted by Crippen LogP contribution is 2.45. The first-order valence-electron chi connectivity index (χ1n) is 11.2. The van der Waals surface area contributed by atoms with Crippen molar-refractivity contribution < 1.29 is 5.11 Å². The summed E-state index contributed by atoms with van der Waals surface area (Å²) in [6.45, 7) is 0. The van der Waals surface area contributed by atoms with E-state index in [1.165, 1.54) is 0 Å². The first kappa shape index (κ1) is 21.0. The molecule has 0 atom stereocenters. The van der Waals surface area contributed by atoms with Crippen LogP contribution in [0.5, 0.6) is 5.75 Å². The first-order valence-corrected chi connectivity index (χ1v) is 12.0. The topological polar surface area (TPSA) is 69.9 Å². The van der Waals surface area contributed by atoms with Crippen molar-refractivity contribution in [2.24, 2.45) is 10.2 Å². The van der Waals surface area contributed by atoms with Gasteiger partial charge in [0.15, 0.2) is 5.75 Å². The van der Waals surface area contributed by atoms with Gasteiger partial charge in [-0.1, -0.05) is 54.6 Å². The lowest BCUT2D eigenvalue weighted by Crippen LogP contribution is -1.88. The van der Waals surface area contributed by atoms with Crippen molar-refractivity contribution in [1.29, 1.82) is 0 Å². The van der Waals surface area contributed by atoms with Gasteiger partial charge in [-0.2, -0.15) is 5.11 Å². The van der Waals surface area contributed by atoms with Gasteiger partial charge in [0.1, 0.15) is 10.7 Å². The Morgan fingerprint density at radius 2 is 1.43 bits per heavy atom. The number of hydrogen-bond donors (Lipinski definition) is 2. The van der Waals surface area contributed by atoms with Gasteiger partial charge in [0.05, 0.1) is 21.5 Å². The van der Waals surface area contributed by atoms with Gasteiger partial charge in [-0.15, -0.1) is 16.5 Å². The molecule has 1 heterocycles. The molecule has 5 aromatic carbocycles. The lowest BCUT2D eigenvalue weighted by molar-refractivity contribution is 0.479. The molecular weight excluding hydrogens is 452 g/mol. The van der Waals surface area contributed by atoms with Crippen LogP contribution in [0.25, 0.3) is 31.6 Å². The number of aromatic hydroxyl groups is 1. The molecular formula is C29H20N4OS. The van der Waals surface area contributed by atoms with E-state index in [0.29, 0.717) is 16.9 Å². The Kier molecular flexibility index (Phi) is 5.41. The zero-order valence-corrected chi connectivity index (χ0v) is 19.4. The highest BCUT2D eigenvalue weighted by molar-refractivity contribution is 7.21. The maximum atomic E-state index is 11.3. The number of phenolic OH excluding ortho intramolecular Hbond substituents is 1. The minimum Gasteiger partial charge on any atom is -0.505 e. The molecule has 0 spiro atoms. The average molecular weight is 473 g/mol. The average Bonchev–Trinajstić information content (AvgIpc) is 3.33. The van der Waals surface area contributed by atoms with Gasteiger partial charge in [0.25, 0.3) is 0 Å². The Labute approximate surface area is 206 Å². The minimum atomic E-state index is 0.0777. The molecule has 0 radical (unpaired) electrons. The van der Waals surface area contributed by atoms with E-state index < -0.39 is 0 Å². The molecule has 0 aliphatic heterocycles. The van der Waals surface area contributed by atoms with Gasteiger partial charge in [-0.25, -0.2) is 4.98 Å². The molecule has 35 heavy (non-hydrogen) atoms. The van der Waals surface area contributed by atoms with Crippen molar-refractivity contribution in [3.8, 4) is 16.3 Å². The van der Waals surface area contributed by atoms with Crippen molar-refractivity contribution in [2.45, 2.75) is 0 Å². The van der Waals surface area contributed by atoms with Crippen LogP contribution in [-0.2, 0) is 0 Å². The standard InChI is InChI=1S/C29H20N4OS/c34-28-24(29-31-25-12-6-7-13-26(25)35-29)18-19-8-4-5-11-23(19)27(28)33-32-22-16-14-21(15-17-22)30-20-9-2-1-3-10-20/h1-18,30,34H. The summed E-state index contributed by atoms with van der Waals surface area (Å²) < 4.78 is 1.07. The maximum Gasteiger partial charge on any atom is 0.154 e. The molecule has 0 aliphatic rings. The number of hydrogen-bond acceptors (Lipinski definition) is 6. The smallest absolute Gasteiger partial charge is 0.154 e. The van der Waals surface area contributed by atoms with E-state index in [2.05, 4.69) is 15.5 Å². The van der Waals surface area contributed by atoms with Crippen LogP contribution in [0, 0.1) is 0 Å². The van der Waals surface area contributed by atoms with Crippen molar-refractivity contribution in [1.82, 2.24) is 4.98 Å². The molecule has 0 saturated carbocycles. The van der Waals surface area contributed by atoms with E-state index in [-0.39, 0.29) is 5.75 Å². The van der Waals surface area contributed by atoms with Crippen molar-refractivity contribution in [3.05, 3.63) is 109 Å². The van der Waals surface area contributed by atoms with Crippen LogP contribution in [0.4, 0.5) is 22.7 Å². The van der Waals surface area contributed by atoms with Crippen molar-refractivity contribution >= 4 is 55.1 Å². The normalized spacial score (nSPS) is 11.4. The summed E-state index contributed by atoms with van der Waals surface area (Å²) in [5.41, 5.74) is 4.67. The van der Waals surface area contributed by atoms with Gasteiger partial charge in [-0.05, 0) is 60.0 Å². The number of thiazole rings is 1. The summed E-state index contributed by atoms with van der Waals surface area (Å²) in [7, 11) is 0. The van der Waals surface area contributed by atoms with Gasteiger partial charge in [0.2, 0.25) is 0 Å². The fourth-order valence-electron chi connectivity index (χ4n) is 3.98. The van der Waals surface area contributed by atoms with E-state index in [4.69, 9.17) is 4.98 Å². The second kappa shape index (κ2) is 9.00. The van der Waals surface area contributed by atoms with Crippen molar-refractivity contribution in [2.75, 3.05) is 5.32 Å². The Hall–Kier alpha value is -4.55. The summed E-state index contributed by atoms with van der Waals surface area (Å²) in [5, 5.41) is 26.1. The van der Waals surface area contributed by atoms with Crippen LogP contribution in [0.2, 0.25) is 0 Å². The predicted octanol–water partition coefficient (Wildman–Crippen LogP) is 8.98. The second-order valence-corrected chi connectivity index (χ2v) is 9.10. The molecule has 0 aliphatic carbocycles. The molecule has 168 valence electrons. The molecule has 0 unspecified atom stereocenters. The SMILES string of the molecule is Oc1c(-c2nc3ccccc3s2)cc2ccccc2c1N=Nc1ccc(Nc2ccccc2)cc1. The number of aromatic nitrogens is 1. The van der Waals surface area contributed by atoms with E-state index in [9.17, 15) is 5.11 Å². The van der Waals surface area contributed by atoms with E-state index >= 15 is 0 Å². The maximum absolute atomic E-state index is 11.3. The summed E-state index contributed by atoms with van der Waals surface area (Å²) in [6, 6.07) is 35.5. The fraction of sp³-hybridized carbons (Fsp3) is 0. The number of benzene rings is 5. The lowest BCUT2D eigenvalue weighted by Gasteiger charge is -2.09. The number of nitrogens with zero attached hydrogens (tertiary/aromatic N) is 3. The fourth-order valence-corrected chi connectivity index (χ4v) is 4.96. The molecule has 6 rings (SSSR count). The molecule has 0 bridgehead atoms. The number of fused-ring (bicyclic) bond motifs is 2. The molecule has 0 amide bonds. The summed E-state index contributed by atoms with van der Waals surface area (Å²) >= 11 is 1.55. The molecule has 5 nitrogen and oxygen atoms in total. The van der Waals surface area contributed by atoms with Gasteiger partial charge in [0, 0.05) is 16.8 Å². The first-order chi connectivity index (χ1) is 17.2. The van der Waals surface area contributed by atoms with Gasteiger partial charge >= 0.3 is 0 Å². The van der Waals surface area contributed by atoms with Crippen LogP contribution >= 0.6 is 11.3 Å². The third-order valence-electron chi connectivity index (χ3n) is 5.71. The number of para-hydroxylation sites is 2. The Balaban J connectivity index is 1.37. The zero-order chi connectivity index (χ0) is 23.6. The highest BCUT2D eigenvalue weighted by atomic mass is 32.1. The summed E-state index contributed by atoms with van der Waals surface area (Å²) in [4.78, 5) is 4.73. The van der Waals surface area contributed by atoms with Gasteiger partial charge < -0.3 is 10.4 Å². The lowest BCUT2D eigenvalue weighted by atomic mass is 10.0. The van der Waals surface area contributed by atoms with Crippen LogP contribution in [0.3, 0.4) is 0 Å². The minimum absolute atomic E-state index is 0.0777. The van der Waals surface area contributed by atoms with E-state index in [1.54, 1.807) is 11.3 Å². The molecule has 1 aromatic heterocycles. The van der Waals surface area contributed by atoms with Crippen LogP contribution < -0.4 is 5.32 Å². The van der Waals surface area contributed by atoms with Gasteiger partial charge in [-0.3, -0.25) is 0 Å². The third-order valence-corrected chi connectivity index (χ3v) is 6.78. The number of nitrogens with one attached hydrogen (secondary N) is 1. The quantitative estimate of drug-likeness (QED) is 0.246. The molecule has 6 heteroatoms. The van der Waals surface area contributed by atoms with E-state index in [1.807, 2.05) is 109 Å². The number of rotatable bonds is 5. The third kappa shape index (κ3) is 4.23. The second-order valence-electron chi connectivity index (χ2n) is 8.07. The Bertz CT molecular complexity index is 1640. The molecule has 6 aromatic rings. The predicted molar refractivity (Wildman–Crippen MR) is 145 cm³/mol. The Morgan fingerprint density at radius 3 is 2.26 bits per heavy atom. The summed E-state index contributed by atoms with van der Waals surface area (Å²) in [5.74, 6) is 0.0777. The monoisotopic (exact) mass is 472 g/mol. The zero-order valence-electron chi connectivity index (χ0n) is 18.6. The summed E-state index contributed by atoms with van der Waals surface area (Å²) in [6.07, 6.45) is 0. The van der Waals surface area contributed by atoms with E-state index in [0.717, 1.165) is 37.4 Å². The largest absolute Gasteiger partial charge is 0.505 e. The van der Waals surface area contributed by atoms with Crippen LogP contribution in [0.1, 0.15) is 0 Å². The Morgan fingerprint density at radius 1 is 0.714 bits per heavy atom.